The minimum Gasteiger partial charge on any atom is -0.393 e. The topological polar surface area (TPSA) is 49.8 Å². The zero-order chi connectivity index (χ0) is 11.9. The van der Waals surface area contributed by atoms with Crippen molar-refractivity contribution in [3.05, 3.63) is 10.6 Å². The van der Waals surface area contributed by atoms with E-state index >= 15 is 0 Å². The lowest BCUT2D eigenvalue weighted by Crippen LogP contribution is -2.38. The molecular formula is C12H17FN2S. The van der Waals surface area contributed by atoms with Gasteiger partial charge >= 0.3 is 0 Å². The van der Waals surface area contributed by atoms with Crippen molar-refractivity contribution in [3.8, 4) is 6.07 Å². The molecule has 0 saturated heterocycles. The molecule has 0 spiro atoms. The summed E-state index contributed by atoms with van der Waals surface area (Å²) >= 11 is 1.37. The van der Waals surface area contributed by atoms with Crippen molar-refractivity contribution in [1.82, 2.24) is 0 Å². The van der Waals surface area contributed by atoms with Gasteiger partial charge in [0.15, 0.2) is 0 Å². The average Bonchev–Trinajstić information content (AvgIpc) is 2.55. The maximum Gasteiger partial charge on any atom is 0.113 e. The van der Waals surface area contributed by atoms with Crippen LogP contribution in [0.1, 0.15) is 26.7 Å². The lowest BCUT2D eigenvalue weighted by Gasteiger charge is -2.37. The summed E-state index contributed by atoms with van der Waals surface area (Å²) in [4.78, 5) is 0. The highest BCUT2D eigenvalue weighted by molar-refractivity contribution is 8.04. The summed E-state index contributed by atoms with van der Waals surface area (Å²) in [7, 11) is 0. The summed E-state index contributed by atoms with van der Waals surface area (Å²) in [5.41, 5.74) is 6.46. The number of halogens is 1. The molecule has 1 aliphatic carbocycles. The Labute approximate surface area is 100 Å². The predicted octanol–water partition coefficient (Wildman–Crippen LogP) is 2.82. The summed E-state index contributed by atoms with van der Waals surface area (Å²) < 4.78 is 13.8. The fourth-order valence-electron chi connectivity index (χ4n) is 2.94. The van der Waals surface area contributed by atoms with Crippen LogP contribution in [0.3, 0.4) is 0 Å². The third kappa shape index (κ3) is 1.71. The summed E-state index contributed by atoms with van der Waals surface area (Å²) in [6.07, 6.45) is 0.677. The third-order valence-corrected chi connectivity index (χ3v) is 5.12. The molecule has 2 N–H and O–H groups in total. The van der Waals surface area contributed by atoms with Crippen LogP contribution < -0.4 is 5.73 Å². The van der Waals surface area contributed by atoms with Crippen molar-refractivity contribution in [3.63, 3.8) is 0 Å². The van der Waals surface area contributed by atoms with E-state index in [0.717, 1.165) is 6.42 Å². The maximum atomic E-state index is 13.8. The predicted molar refractivity (Wildman–Crippen MR) is 64.2 cm³/mol. The van der Waals surface area contributed by atoms with Crippen molar-refractivity contribution in [2.45, 2.75) is 38.1 Å². The molecule has 2 aliphatic rings. The second-order valence-electron chi connectivity index (χ2n) is 5.00. The van der Waals surface area contributed by atoms with Gasteiger partial charge in [0.1, 0.15) is 6.17 Å². The highest BCUT2D eigenvalue weighted by atomic mass is 32.2. The molecule has 0 aromatic carbocycles. The summed E-state index contributed by atoms with van der Waals surface area (Å²) in [5, 5.41) is 9.57. The molecule has 4 heteroatoms. The Balaban J connectivity index is 2.32. The van der Waals surface area contributed by atoms with Gasteiger partial charge in [-0.1, -0.05) is 13.8 Å². The standard InChI is InChI=1S/C12H17FN2S/c1-6(2)7-3-4-9(13)11-10(7)8(5-14)12(15)16-11/h6-7,9-11H,3-4,15H2,1-2H3. The zero-order valence-corrected chi connectivity index (χ0v) is 10.4. The summed E-state index contributed by atoms with van der Waals surface area (Å²) in [6.45, 7) is 4.29. The molecule has 2 rings (SSSR count). The van der Waals surface area contributed by atoms with Gasteiger partial charge in [0.25, 0.3) is 0 Å². The molecule has 4 unspecified atom stereocenters. The fourth-order valence-corrected chi connectivity index (χ4v) is 4.31. The maximum absolute atomic E-state index is 13.8. The van der Waals surface area contributed by atoms with Gasteiger partial charge in [-0.2, -0.15) is 5.26 Å². The van der Waals surface area contributed by atoms with E-state index in [9.17, 15) is 4.39 Å². The lowest BCUT2D eigenvalue weighted by molar-refractivity contribution is 0.143. The first kappa shape index (κ1) is 11.8. The van der Waals surface area contributed by atoms with Gasteiger partial charge in [-0.3, -0.25) is 0 Å². The molecule has 1 fully saturated rings. The average molecular weight is 240 g/mol. The normalized spacial score (nSPS) is 38.7. The van der Waals surface area contributed by atoms with Crippen LogP contribution in [-0.4, -0.2) is 11.4 Å². The van der Waals surface area contributed by atoms with Crippen molar-refractivity contribution in [2.24, 2.45) is 23.5 Å². The molecule has 0 radical (unpaired) electrons. The number of nitriles is 1. The second-order valence-corrected chi connectivity index (χ2v) is 6.22. The molecule has 4 atom stereocenters. The molecule has 16 heavy (non-hydrogen) atoms. The zero-order valence-electron chi connectivity index (χ0n) is 9.61. The van der Waals surface area contributed by atoms with Crippen molar-refractivity contribution in [2.75, 3.05) is 0 Å². The monoisotopic (exact) mass is 240 g/mol. The Morgan fingerprint density at radius 3 is 2.75 bits per heavy atom. The molecule has 1 saturated carbocycles. The number of nitrogens with two attached hydrogens (primary N) is 1. The molecule has 88 valence electrons. The number of hydrogen-bond acceptors (Lipinski definition) is 3. The van der Waals surface area contributed by atoms with E-state index in [0.29, 0.717) is 28.9 Å². The van der Waals surface area contributed by atoms with Gasteiger partial charge in [0.2, 0.25) is 0 Å². The van der Waals surface area contributed by atoms with Crippen LogP contribution in [-0.2, 0) is 0 Å². The quantitative estimate of drug-likeness (QED) is 0.766. The minimum absolute atomic E-state index is 0.0405. The number of alkyl halides is 1. The number of fused-ring (bicyclic) bond motifs is 1. The van der Waals surface area contributed by atoms with E-state index in [1.54, 1.807) is 0 Å². The SMILES string of the molecule is CC(C)C1CCC(F)C2SC(N)=C(C#N)C12. The van der Waals surface area contributed by atoms with Gasteiger partial charge in [-0.25, -0.2) is 4.39 Å². The van der Waals surface area contributed by atoms with E-state index in [2.05, 4.69) is 19.9 Å². The molecule has 1 aliphatic heterocycles. The largest absolute Gasteiger partial charge is 0.393 e. The highest BCUT2D eigenvalue weighted by Crippen LogP contribution is 2.52. The Bertz CT molecular complexity index is 359. The van der Waals surface area contributed by atoms with Gasteiger partial charge < -0.3 is 5.73 Å². The van der Waals surface area contributed by atoms with E-state index in [4.69, 9.17) is 11.0 Å². The Morgan fingerprint density at radius 1 is 1.50 bits per heavy atom. The van der Waals surface area contributed by atoms with Crippen LogP contribution in [0.15, 0.2) is 10.6 Å². The van der Waals surface area contributed by atoms with Crippen LogP contribution in [0.25, 0.3) is 0 Å². The third-order valence-electron chi connectivity index (χ3n) is 3.79. The molecule has 0 bridgehead atoms. The number of thioether (sulfide) groups is 1. The van der Waals surface area contributed by atoms with E-state index in [1.807, 2.05) is 0 Å². The van der Waals surface area contributed by atoms with Crippen LogP contribution in [0.5, 0.6) is 0 Å². The first-order chi connectivity index (χ1) is 7.56. The second kappa shape index (κ2) is 4.29. The molecule has 1 heterocycles. The molecule has 0 amide bonds. The number of hydrogen-bond donors (Lipinski definition) is 1. The van der Waals surface area contributed by atoms with Crippen molar-refractivity contribution >= 4 is 11.8 Å². The molecule has 0 aromatic rings. The van der Waals surface area contributed by atoms with E-state index in [-0.39, 0.29) is 11.2 Å². The van der Waals surface area contributed by atoms with Gasteiger partial charge in [0, 0.05) is 5.92 Å². The number of nitrogens with zero attached hydrogens (tertiary/aromatic N) is 1. The first-order valence-electron chi connectivity index (χ1n) is 5.76. The van der Waals surface area contributed by atoms with Gasteiger partial charge in [0.05, 0.1) is 21.9 Å². The van der Waals surface area contributed by atoms with Crippen LogP contribution in [0.2, 0.25) is 0 Å². The summed E-state index contributed by atoms with van der Waals surface area (Å²) in [5.74, 6) is 0.925. The van der Waals surface area contributed by atoms with Gasteiger partial charge in [-0.05, 0) is 24.7 Å². The number of allylic oxidation sites excluding steroid dienone is 1. The Morgan fingerprint density at radius 2 is 2.19 bits per heavy atom. The summed E-state index contributed by atoms with van der Waals surface area (Å²) in [6, 6.07) is 2.19. The Hall–Kier alpha value is -0.690. The molecule has 0 aromatic heterocycles. The molecule has 2 nitrogen and oxygen atoms in total. The van der Waals surface area contributed by atoms with Crippen LogP contribution in [0, 0.1) is 29.1 Å². The molecular weight excluding hydrogens is 223 g/mol. The van der Waals surface area contributed by atoms with Crippen molar-refractivity contribution < 1.29 is 4.39 Å². The van der Waals surface area contributed by atoms with E-state index < -0.39 is 6.17 Å². The van der Waals surface area contributed by atoms with E-state index in [1.165, 1.54) is 11.8 Å². The van der Waals surface area contributed by atoms with Crippen LogP contribution in [0.4, 0.5) is 4.39 Å². The number of rotatable bonds is 1. The minimum atomic E-state index is -0.811. The first-order valence-corrected chi connectivity index (χ1v) is 6.64. The Kier molecular flexibility index (Phi) is 3.16. The fraction of sp³-hybridized carbons (Fsp3) is 0.750. The lowest BCUT2D eigenvalue weighted by atomic mass is 9.70. The smallest absolute Gasteiger partial charge is 0.113 e. The highest BCUT2D eigenvalue weighted by Gasteiger charge is 2.48. The van der Waals surface area contributed by atoms with Crippen LogP contribution >= 0.6 is 11.8 Å². The van der Waals surface area contributed by atoms with Crippen molar-refractivity contribution in [1.29, 1.82) is 5.26 Å². The van der Waals surface area contributed by atoms with Gasteiger partial charge in [-0.15, -0.1) is 11.8 Å².